The van der Waals surface area contributed by atoms with E-state index in [0.29, 0.717) is 13.2 Å². The quantitative estimate of drug-likeness (QED) is 0.369. The number of hydrogen-bond acceptors (Lipinski definition) is 3. The zero-order valence-corrected chi connectivity index (χ0v) is 9.41. The molecule has 0 saturated heterocycles. The first-order chi connectivity index (χ1) is 7.33. The van der Waals surface area contributed by atoms with Crippen LogP contribution in [0.25, 0.3) is 0 Å². The molecule has 0 aromatic carbocycles. The van der Waals surface area contributed by atoms with E-state index in [9.17, 15) is 4.79 Å². The van der Waals surface area contributed by atoms with Crippen LogP contribution in [0.5, 0.6) is 0 Å². The van der Waals surface area contributed by atoms with Crippen molar-refractivity contribution in [3.63, 3.8) is 0 Å². The van der Waals surface area contributed by atoms with Crippen molar-refractivity contribution in [3.8, 4) is 0 Å². The molecule has 0 N–H and O–H groups in total. The van der Waals surface area contributed by atoms with Gasteiger partial charge in [0, 0.05) is 12.7 Å². The number of esters is 1. The predicted molar refractivity (Wildman–Crippen MR) is 58.6 cm³/mol. The molecule has 86 valence electrons. The molecule has 1 fully saturated rings. The van der Waals surface area contributed by atoms with Crippen LogP contribution in [-0.2, 0) is 14.3 Å². The van der Waals surface area contributed by atoms with E-state index in [2.05, 4.69) is 0 Å². The fourth-order valence-corrected chi connectivity index (χ4v) is 1.52. The Morgan fingerprint density at radius 2 is 2.27 bits per heavy atom. The van der Waals surface area contributed by atoms with Crippen molar-refractivity contribution in [1.82, 2.24) is 0 Å². The average Bonchev–Trinajstić information content (AvgIpc) is 2.14. The van der Waals surface area contributed by atoms with Crippen LogP contribution in [0.15, 0.2) is 12.2 Å². The lowest BCUT2D eigenvalue weighted by atomic mass is 9.83. The molecular formula is C12H20O3. The zero-order valence-electron chi connectivity index (χ0n) is 9.41. The summed E-state index contributed by atoms with van der Waals surface area (Å²) in [7, 11) is 0. The van der Waals surface area contributed by atoms with Gasteiger partial charge in [-0.3, -0.25) is 0 Å². The van der Waals surface area contributed by atoms with Gasteiger partial charge >= 0.3 is 5.97 Å². The van der Waals surface area contributed by atoms with E-state index in [4.69, 9.17) is 9.47 Å². The summed E-state index contributed by atoms with van der Waals surface area (Å²) in [5, 5.41) is 0. The van der Waals surface area contributed by atoms with E-state index in [1.54, 1.807) is 13.0 Å². The second kappa shape index (κ2) is 7.46. The van der Waals surface area contributed by atoms with E-state index in [1.165, 1.54) is 25.3 Å². The third-order valence-electron chi connectivity index (χ3n) is 2.65. The molecule has 15 heavy (non-hydrogen) atoms. The SMILES string of the molecule is CCOC(=O)/C=C/COCCC1CCC1. The first kappa shape index (κ1) is 12.2. The van der Waals surface area contributed by atoms with Crippen LogP contribution in [-0.4, -0.2) is 25.8 Å². The van der Waals surface area contributed by atoms with Crippen molar-refractivity contribution < 1.29 is 14.3 Å². The van der Waals surface area contributed by atoms with E-state index < -0.39 is 0 Å². The molecule has 0 atom stereocenters. The molecule has 0 heterocycles. The molecule has 1 saturated carbocycles. The highest BCUT2D eigenvalue weighted by Crippen LogP contribution is 2.28. The van der Waals surface area contributed by atoms with E-state index in [-0.39, 0.29) is 5.97 Å². The second-order valence-electron chi connectivity index (χ2n) is 3.81. The Labute approximate surface area is 91.4 Å². The van der Waals surface area contributed by atoms with Crippen molar-refractivity contribution in [2.24, 2.45) is 5.92 Å². The Kier molecular flexibility index (Phi) is 6.09. The van der Waals surface area contributed by atoms with Crippen LogP contribution in [0.2, 0.25) is 0 Å². The fourth-order valence-electron chi connectivity index (χ4n) is 1.52. The molecule has 0 bridgehead atoms. The summed E-state index contributed by atoms with van der Waals surface area (Å²) in [6.07, 6.45) is 8.40. The minimum atomic E-state index is -0.292. The first-order valence-electron chi connectivity index (χ1n) is 5.74. The summed E-state index contributed by atoms with van der Waals surface area (Å²) in [5.41, 5.74) is 0. The maximum Gasteiger partial charge on any atom is 0.330 e. The molecule has 1 aliphatic rings. The van der Waals surface area contributed by atoms with Gasteiger partial charge in [0.05, 0.1) is 13.2 Å². The molecule has 3 heteroatoms. The van der Waals surface area contributed by atoms with Gasteiger partial charge in [0.1, 0.15) is 0 Å². The summed E-state index contributed by atoms with van der Waals surface area (Å²) in [6, 6.07) is 0. The van der Waals surface area contributed by atoms with Gasteiger partial charge in [-0.15, -0.1) is 0 Å². The Balaban J connectivity index is 1.88. The van der Waals surface area contributed by atoms with E-state index in [0.717, 1.165) is 18.9 Å². The molecule has 1 rings (SSSR count). The molecular weight excluding hydrogens is 192 g/mol. The molecule has 0 amide bonds. The topological polar surface area (TPSA) is 35.5 Å². The second-order valence-corrected chi connectivity index (χ2v) is 3.81. The number of hydrogen-bond donors (Lipinski definition) is 0. The lowest BCUT2D eigenvalue weighted by Crippen LogP contribution is -2.13. The minimum Gasteiger partial charge on any atom is -0.463 e. The molecule has 3 nitrogen and oxygen atoms in total. The largest absolute Gasteiger partial charge is 0.463 e. The zero-order chi connectivity index (χ0) is 10.9. The number of carbonyl (C=O) groups excluding carboxylic acids is 1. The predicted octanol–water partition coefficient (Wildman–Crippen LogP) is 2.31. The fraction of sp³-hybridized carbons (Fsp3) is 0.750. The van der Waals surface area contributed by atoms with Gasteiger partial charge in [0.15, 0.2) is 0 Å². The van der Waals surface area contributed by atoms with Gasteiger partial charge in [-0.05, 0) is 19.3 Å². The third-order valence-corrected chi connectivity index (χ3v) is 2.65. The van der Waals surface area contributed by atoms with Gasteiger partial charge < -0.3 is 9.47 Å². The molecule has 0 aromatic rings. The number of carbonyl (C=O) groups is 1. The highest BCUT2D eigenvalue weighted by molar-refractivity contribution is 5.81. The molecule has 0 spiro atoms. The highest BCUT2D eigenvalue weighted by Gasteiger charge is 2.16. The average molecular weight is 212 g/mol. The summed E-state index contributed by atoms with van der Waals surface area (Å²) in [5.74, 6) is 0.596. The maximum absolute atomic E-state index is 10.9. The van der Waals surface area contributed by atoms with Crippen molar-refractivity contribution in [1.29, 1.82) is 0 Å². The molecule has 0 radical (unpaired) electrons. The monoisotopic (exact) mass is 212 g/mol. The van der Waals surface area contributed by atoms with Crippen molar-refractivity contribution in [2.75, 3.05) is 19.8 Å². The van der Waals surface area contributed by atoms with Crippen LogP contribution in [0.3, 0.4) is 0 Å². The molecule has 1 aliphatic carbocycles. The Morgan fingerprint density at radius 3 is 2.87 bits per heavy atom. The summed E-state index contributed by atoms with van der Waals surface area (Å²) < 4.78 is 10.1. The van der Waals surface area contributed by atoms with Crippen LogP contribution in [0, 0.1) is 5.92 Å². The number of rotatable bonds is 7. The molecule has 0 unspecified atom stereocenters. The van der Waals surface area contributed by atoms with Crippen LogP contribution >= 0.6 is 0 Å². The van der Waals surface area contributed by atoms with Gasteiger partial charge in [0.25, 0.3) is 0 Å². The maximum atomic E-state index is 10.9. The normalized spacial score (nSPS) is 16.6. The van der Waals surface area contributed by atoms with E-state index >= 15 is 0 Å². The number of ether oxygens (including phenoxy) is 2. The standard InChI is InChI=1S/C12H20O3/c1-2-15-12(13)7-4-9-14-10-8-11-5-3-6-11/h4,7,11H,2-3,5-6,8-10H2,1H3/b7-4+. The van der Waals surface area contributed by atoms with Gasteiger partial charge in [-0.1, -0.05) is 25.3 Å². The van der Waals surface area contributed by atoms with Gasteiger partial charge in [-0.25, -0.2) is 4.79 Å². The van der Waals surface area contributed by atoms with Gasteiger partial charge in [0.2, 0.25) is 0 Å². The Hall–Kier alpha value is -0.830. The van der Waals surface area contributed by atoms with Crippen molar-refractivity contribution >= 4 is 5.97 Å². The summed E-state index contributed by atoms with van der Waals surface area (Å²) in [6.45, 7) is 3.52. The van der Waals surface area contributed by atoms with Crippen molar-refractivity contribution in [3.05, 3.63) is 12.2 Å². The smallest absolute Gasteiger partial charge is 0.330 e. The first-order valence-corrected chi connectivity index (χ1v) is 5.74. The summed E-state index contributed by atoms with van der Waals surface area (Å²) in [4.78, 5) is 10.9. The minimum absolute atomic E-state index is 0.292. The molecule has 0 aliphatic heterocycles. The highest BCUT2D eigenvalue weighted by atomic mass is 16.5. The molecule has 0 aromatic heterocycles. The van der Waals surface area contributed by atoms with Crippen LogP contribution in [0.4, 0.5) is 0 Å². The van der Waals surface area contributed by atoms with Crippen molar-refractivity contribution in [2.45, 2.75) is 32.6 Å². The third kappa shape index (κ3) is 5.57. The van der Waals surface area contributed by atoms with Crippen LogP contribution < -0.4 is 0 Å². The lowest BCUT2D eigenvalue weighted by molar-refractivity contribution is -0.137. The Bertz CT molecular complexity index is 207. The van der Waals surface area contributed by atoms with Gasteiger partial charge in [-0.2, -0.15) is 0 Å². The summed E-state index contributed by atoms with van der Waals surface area (Å²) >= 11 is 0. The van der Waals surface area contributed by atoms with E-state index in [1.807, 2.05) is 0 Å². The lowest BCUT2D eigenvalue weighted by Gasteiger charge is -2.24. The Morgan fingerprint density at radius 1 is 1.47 bits per heavy atom. The van der Waals surface area contributed by atoms with Crippen LogP contribution in [0.1, 0.15) is 32.6 Å².